The smallest absolute Gasteiger partial charge is 0.255 e. The van der Waals surface area contributed by atoms with Gasteiger partial charge in [0, 0.05) is 24.1 Å². The second-order valence-corrected chi connectivity index (χ2v) is 8.12. The zero-order valence-corrected chi connectivity index (χ0v) is 19.1. The van der Waals surface area contributed by atoms with Crippen LogP contribution in [-0.4, -0.2) is 25.0 Å². The maximum atomic E-state index is 12.7. The Morgan fingerprint density at radius 1 is 0.875 bits per heavy atom. The summed E-state index contributed by atoms with van der Waals surface area (Å²) in [6.45, 7) is 4.62. The van der Waals surface area contributed by atoms with E-state index in [0.717, 1.165) is 6.42 Å². The van der Waals surface area contributed by atoms with Crippen LogP contribution in [0.5, 0.6) is 11.5 Å². The summed E-state index contributed by atoms with van der Waals surface area (Å²) in [5.74, 6) is 1.38. The molecule has 1 saturated carbocycles. The number of nitrogens with one attached hydrogen (secondary N) is 2. The highest BCUT2D eigenvalue weighted by molar-refractivity contribution is 6.05. The molecule has 2 N–H and O–H groups in total. The van der Waals surface area contributed by atoms with Crippen LogP contribution in [0.2, 0.25) is 0 Å². The van der Waals surface area contributed by atoms with Crippen LogP contribution < -0.4 is 20.1 Å². The number of carbonyl (C=O) groups is 2. The molecule has 0 atom stereocenters. The monoisotopic (exact) mass is 438 g/mol. The molecule has 0 heterocycles. The summed E-state index contributed by atoms with van der Waals surface area (Å²) in [6, 6.07) is 12.4. The van der Waals surface area contributed by atoms with Crippen LogP contribution in [0.15, 0.2) is 42.5 Å². The van der Waals surface area contributed by atoms with Crippen LogP contribution in [0.1, 0.15) is 69.2 Å². The van der Waals surface area contributed by atoms with E-state index in [2.05, 4.69) is 10.6 Å². The topological polar surface area (TPSA) is 76.7 Å². The van der Waals surface area contributed by atoms with Crippen LogP contribution in [0.25, 0.3) is 0 Å². The molecule has 3 rings (SSSR count). The van der Waals surface area contributed by atoms with Gasteiger partial charge in [0.1, 0.15) is 11.5 Å². The number of amides is 2. The average Bonchev–Trinajstić information content (AvgIpc) is 2.82. The van der Waals surface area contributed by atoms with Crippen LogP contribution >= 0.6 is 0 Å². The largest absolute Gasteiger partial charge is 0.492 e. The van der Waals surface area contributed by atoms with E-state index in [9.17, 15) is 9.59 Å². The van der Waals surface area contributed by atoms with Crippen molar-refractivity contribution in [1.29, 1.82) is 0 Å². The quantitative estimate of drug-likeness (QED) is 0.474. The molecule has 1 fully saturated rings. The number of rotatable bonds is 10. The second-order valence-electron chi connectivity index (χ2n) is 8.12. The first-order valence-electron chi connectivity index (χ1n) is 11.7. The highest BCUT2D eigenvalue weighted by Gasteiger charge is 2.18. The zero-order valence-electron chi connectivity index (χ0n) is 19.1. The third-order valence-corrected chi connectivity index (χ3v) is 5.74. The van der Waals surface area contributed by atoms with Crippen LogP contribution in [0.4, 0.5) is 11.4 Å². The van der Waals surface area contributed by atoms with Crippen molar-refractivity contribution in [2.75, 3.05) is 23.8 Å². The van der Waals surface area contributed by atoms with Crippen molar-refractivity contribution in [1.82, 2.24) is 0 Å². The van der Waals surface area contributed by atoms with Gasteiger partial charge in [0.05, 0.1) is 24.6 Å². The SMILES string of the molecule is CCOc1cc(NC(=O)c2ccccc2)c(OCC)cc1NC(=O)CCC1CCCCC1. The first kappa shape index (κ1) is 23.6. The zero-order chi connectivity index (χ0) is 22.8. The Balaban J connectivity index is 1.75. The molecule has 1 aliphatic carbocycles. The van der Waals surface area contributed by atoms with Gasteiger partial charge < -0.3 is 20.1 Å². The van der Waals surface area contributed by atoms with Gasteiger partial charge in [-0.3, -0.25) is 9.59 Å². The second kappa shape index (κ2) is 12.1. The molecule has 0 aliphatic heterocycles. The predicted octanol–water partition coefficient (Wildman–Crippen LogP) is 6.04. The molecular weight excluding hydrogens is 404 g/mol. The lowest BCUT2D eigenvalue weighted by molar-refractivity contribution is -0.116. The third kappa shape index (κ3) is 6.74. The molecule has 2 amide bonds. The maximum Gasteiger partial charge on any atom is 0.255 e. The van der Waals surface area contributed by atoms with Gasteiger partial charge in [0.25, 0.3) is 5.91 Å². The van der Waals surface area contributed by atoms with Crippen LogP contribution in [0.3, 0.4) is 0 Å². The van der Waals surface area contributed by atoms with Crippen molar-refractivity contribution >= 4 is 23.2 Å². The van der Waals surface area contributed by atoms with E-state index in [0.29, 0.717) is 54.0 Å². The lowest BCUT2D eigenvalue weighted by Gasteiger charge is -2.21. The van der Waals surface area contributed by atoms with Crippen molar-refractivity contribution < 1.29 is 19.1 Å². The molecule has 32 heavy (non-hydrogen) atoms. The van der Waals surface area contributed by atoms with E-state index in [1.54, 1.807) is 24.3 Å². The van der Waals surface area contributed by atoms with Crippen molar-refractivity contribution in [3.63, 3.8) is 0 Å². The van der Waals surface area contributed by atoms with Crippen molar-refractivity contribution in [3.8, 4) is 11.5 Å². The summed E-state index contributed by atoms with van der Waals surface area (Å²) in [6.07, 6.45) is 7.71. The standard InChI is InChI=1S/C26H34N2O4/c1-3-31-23-18-22(28-26(30)20-13-9-6-10-14-20)24(32-4-2)17-21(23)27-25(29)16-15-19-11-7-5-8-12-19/h6,9-10,13-14,17-19H,3-5,7-8,11-12,15-16H2,1-2H3,(H,27,29)(H,28,30). The highest BCUT2D eigenvalue weighted by atomic mass is 16.5. The van der Waals surface area contributed by atoms with Gasteiger partial charge in [0.15, 0.2) is 0 Å². The lowest BCUT2D eigenvalue weighted by Crippen LogP contribution is -2.17. The van der Waals surface area contributed by atoms with Gasteiger partial charge in [-0.05, 0) is 38.3 Å². The minimum absolute atomic E-state index is 0.0277. The first-order chi connectivity index (χ1) is 15.6. The molecule has 0 aromatic heterocycles. The summed E-state index contributed by atoms with van der Waals surface area (Å²) < 4.78 is 11.5. The molecule has 0 radical (unpaired) electrons. The normalized spacial score (nSPS) is 13.9. The molecule has 0 bridgehead atoms. The number of ether oxygens (including phenoxy) is 2. The molecule has 6 nitrogen and oxygen atoms in total. The molecular formula is C26H34N2O4. The summed E-state index contributed by atoms with van der Waals surface area (Å²) >= 11 is 0. The van der Waals surface area contributed by atoms with Crippen molar-refractivity contribution in [3.05, 3.63) is 48.0 Å². The molecule has 1 aliphatic rings. The van der Waals surface area contributed by atoms with Crippen LogP contribution in [0, 0.1) is 5.92 Å². The molecule has 0 unspecified atom stereocenters. The first-order valence-corrected chi connectivity index (χ1v) is 11.7. The Morgan fingerprint density at radius 2 is 1.47 bits per heavy atom. The fourth-order valence-corrected chi connectivity index (χ4v) is 4.11. The van der Waals surface area contributed by atoms with Gasteiger partial charge >= 0.3 is 0 Å². The highest BCUT2D eigenvalue weighted by Crippen LogP contribution is 2.37. The number of anilines is 2. The van der Waals surface area contributed by atoms with Gasteiger partial charge in [-0.1, -0.05) is 50.3 Å². The van der Waals surface area contributed by atoms with E-state index in [-0.39, 0.29) is 11.8 Å². The molecule has 6 heteroatoms. The van der Waals surface area contributed by atoms with Gasteiger partial charge in [-0.2, -0.15) is 0 Å². The predicted molar refractivity (Wildman–Crippen MR) is 128 cm³/mol. The fraction of sp³-hybridized carbons (Fsp3) is 0.462. The van der Waals surface area contributed by atoms with E-state index in [4.69, 9.17) is 9.47 Å². The van der Waals surface area contributed by atoms with E-state index < -0.39 is 0 Å². The minimum Gasteiger partial charge on any atom is -0.492 e. The maximum absolute atomic E-state index is 12.7. The summed E-state index contributed by atoms with van der Waals surface area (Å²) in [7, 11) is 0. The Bertz CT molecular complexity index is 892. The van der Waals surface area contributed by atoms with Gasteiger partial charge in [0.2, 0.25) is 5.91 Å². The third-order valence-electron chi connectivity index (χ3n) is 5.74. The molecule has 2 aromatic carbocycles. The fourth-order valence-electron chi connectivity index (χ4n) is 4.11. The van der Waals surface area contributed by atoms with Crippen LogP contribution in [-0.2, 0) is 4.79 Å². The Morgan fingerprint density at radius 3 is 2.06 bits per heavy atom. The molecule has 172 valence electrons. The van der Waals surface area contributed by atoms with E-state index in [1.807, 2.05) is 32.0 Å². The minimum atomic E-state index is -0.238. The number of hydrogen-bond donors (Lipinski definition) is 2. The summed E-state index contributed by atoms with van der Waals surface area (Å²) in [4.78, 5) is 25.3. The number of hydrogen-bond acceptors (Lipinski definition) is 4. The van der Waals surface area contributed by atoms with Crippen molar-refractivity contribution in [2.45, 2.75) is 58.8 Å². The van der Waals surface area contributed by atoms with E-state index in [1.165, 1.54) is 32.1 Å². The Kier molecular flexibility index (Phi) is 8.96. The number of benzene rings is 2. The Labute approximate surface area is 190 Å². The van der Waals surface area contributed by atoms with Gasteiger partial charge in [-0.25, -0.2) is 0 Å². The van der Waals surface area contributed by atoms with Crippen molar-refractivity contribution in [2.24, 2.45) is 5.92 Å². The average molecular weight is 439 g/mol. The Hall–Kier alpha value is -3.02. The lowest BCUT2D eigenvalue weighted by atomic mass is 9.86. The number of carbonyl (C=O) groups excluding carboxylic acids is 2. The van der Waals surface area contributed by atoms with Gasteiger partial charge in [-0.15, -0.1) is 0 Å². The summed E-state index contributed by atoms with van der Waals surface area (Å²) in [5.41, 5.74) is 1.61. The summed E-state index contributed by atoms with van der Waals surface area (Å²) in [5, 5.41) is 5.89. The molecule has 2 aromatic rings. The molecule has 0 saturated heterocycles. The molecule has 0 spiro atoms. The van der Waals surface area contributed by atoms with E-state index >= 15 is 0 Å².